The number of hydrogen-bond donors (Lipinski definition) is 0. The summed E-state index contributed by atoms with van der Waals surface area (Å²) in [4.78, 5) is 18.0. The SMILES string of the molecule is CC(=O)Oc1nc(N(Cc2ccccc2)Cc2ccccc2)ccc1Br. The predicted octanol–water partition coefficient (Wildman–Crippen LogP) is 4.98. The van der Waals surface area contributed by atoms with E-state index >= 15 is 0 Å². The van der Waals surface area contributed by atoms with E-state index < -0.39 is 5.97 Å². The van der Waals surface area contributed by atoms with Gasteiger partial charge in [-0.3, -0.25) is 4.79 Å². The van der Waals surface area contributed by atoms with Crippen molar-refractivity contribution < 1.29 is 9.53 Å². The van der Waals surface area contributed by atoms with Crippen LogP contribution in [-0.4, -0.2) is 11.0 Å². The van der Waals surface area contributed by atoms with Gasteiger partial charge in [-0.1, -0.05) is 60.7 Å². The Hall–Kier alpha value is -2.66. The van der Waals surface area contributed by atoms with Crippen molar-refractivity contribution in [2.45, 2.75) is 20.0 Å². The highest BCUT2D eigenvalue weighted by Crippen LogP contribution is 2.28. The van der Waals surface area contributed by atoms with Crippen LogP contribution in [0.25, 0.3) is 0 Å². The van der Waals surface area contributed by atoms with E-state index in [9.17, 15) is 4.79 Å². The van der Waals surface area contributed by atoms with Gasteiger partial charge >= 0.3 is 5.97 Å². The van der Waals surface area contributed by atoms with Gasteiger partial charge in [-0.2, -0.15) is 4.98 Å². The van der Waals surface area contributed by atoms with Crippen LogP contribution < -0.4 is 9.64 Å². The lowest BCUT2D eigenvalue weighted by atomic mass is 10.1. The smallest absolute Gasteiger partial charge is 0.309 e. The third-order valence-electron chi connectivity index (χ3n) is 3.80. The van der Waals surface area contributed by atoms with E-state index in [0.717, 1.165) is 5.82 Å². The Morgan fingerprint density at radius 1 is 0.923 bits per heavy atom. The maximum absolute atomic E-state index is 11.3. The molecule has 0 aliphatic carbocycles. The number of carbonyl (C=O) groups excluding carboxylic acids is 1. The molecular weight excluding hydrogens is 392 g/mol. The van der Waals surface area contributed by atoms with Gasteiger partial charge in [0.2, 0.25) is 5.88 Å². The van der Waals surface area contributed by atoms with Crippen LogP contribution in [0, 0.1) is 0 Å². The molecule has 0 aliphatic rings. The molecule has 0 aliphatic heterocycles. The van der Waals surface area contributed by atoms with Crippen LogP contribution in [0.5, 0.6) is 5.88 Å². The summed E-state index contributed by atoms with van der Waals surface area (Å²) in [5.74, 6) is 0.631. The molecule has 3 aromatic rings. The van der Waals surface area contributed by atoms with Crippen LogP contribution in [0.3, 0.4) is 0 Å². The molecule has 0 bridgehead atoms. The number of esters is 1. The topological polar surface area (TPSA) is 42.4 Å². The van der Waals surface area contributed by atoms with E-state index in [0.29, 0.717) is 17.6 Å². The molecule has 26 heavy (non-hydrogen) atoms. The molecule has 0 N–H and O–H groups in total. The van der Waals surface area contributed by atoms with Gasteiger partial charge in [-0.25, -0.2) is 0 Å². The first kappa shape index (κ1) is 18.1. The van der Waals surface area contributed by atoms with E-state index in [4.69, 9.17) is 4.74 Å². The number of rotatable bonds is 6. The number of carbonyl (C=O) groups is 1. The zero-order valence-corrected chi connectivity index (χ0v) is 16.0. The Bertz CT molecular complexity index is 828. The summed E-state index contributed by atoms with van der Waals surface area (Å²) in [6, 6.07) is 24.2. The lowest BCUT2D eigenvalue weighted by Crippen LogP contribution is -2.23. The monoisotopic (exact) mass is 410 g/mol. The molecule has 2 aromatic carbocycles. The number of nitrogens with zero attached hydrogens (tertiary/aromatic N) is 2. The van der Waals surface area contributed by atoms with Crippen LogP contribution in [0.4, 0.5) is 5.82 Å². The van der Waals surface area contributed by atoms with E-state index in [1.54, 1.807) is 0 Å². The van der Waals surface area contributed by atoms with Crippen LogP contribution in [0.15, 0.2) is 77.3 Å². The highest BCUT2D eigenvalue weighted by atomic mass is 79.9. The van der Waals surface area contributed by atoms with E-state index in [2.05, 4.69) is 50.1 Å². The van der Waals surface area contributed by atoms with Crippen molar-refractivity contribution in [3.8, 4) is 5.88 Å². The number of pyridine rings is 1. The number of anilines is 1. The molecule has 0 unspecified atom stereocenters. The molecule has 0 radical (unpaired) electrons. The minimum absolute atomic E-state index is 0.279. The minimum Gasteiger partial charge on any atom is -0.406 e. The Morgan fingerprint density at radius 3 is 1.96 bits per heavy atom. The lowest BCUT2D eigenvalue weighted by Gasteiger charge is -2.24. The fraction of sp³-hybridized carbons (Fsp3) is 0.143. The van der Waals surface area contributed by atoms with E-state index in [1.807, 2.05) is 48.5 Å². The molecule has 0 saturated carbocycles. The quantitative estimate of drug-likeness (QED) is 0.537. The summed E-state index contributed by atoms with van der Waals surface area (Å²) >= 11 is 3.38. The molecule has 0 atom stereocenters. The molecule has 0 amide bonds. The second-order valence-electron chi connectivity index (χ2n) is 5.88. The normalized spacial score (nSPS) is 10.4. The molecule has 3 rings (SSSR count). The molecule has 1 heterocycles. The van der Waals surface area contributed by atoms with Crippen molar-refractivity contribution in [2.75, 3.05) is 4.90 Å². The molecule has 1 aromatic heterocycles. The number of ether oxygens (including phenoxy) is 1. The summed E-state index contributed by atoms with van der Waals surface area (Å²) in [6.07, 6.45) is 0. The van der Waals surface area contributed by atoms with Crippen LogP contribution in [-0.2, 0) is 17.9 Å². The average molecular weight is 411 g/mol. The first-order valence-corrected chi connectivity index (χ1v) is 9.09. The second-order valence-corrected chi connectivity index (χ2v) is 6.73. The number of hydrogen-bond acceptors (Lipinski definition) is 4. The molecule has 0 spiro atoms. The van der Waals surface area contributed by atoms with Gasteiger partial charge in [-0.15, -0.1) is 0 Å². The van der Waals surface area contributed by atoms with Crippen molar-refractivity contribution in [3.63, 3.8) is 0 Å². The molecule has 4 nitrogen and oxygen atoms in total. The first-order valence-electron chi connectivity index (χ1n) is 8.29. The van der Waals surface area contributed by atoms with Crippen molar-refractivity contribution in [2.24, 2.45) is 0 Å². The van der Waals surface area contributed by atoms with Gasteiger partial charge in [0.05, 0.1) is 4.47 Å². The summed E-state index contributed by atoms with van der Waals surface area (Å²) in [5, 5.41) is 0. The van der Waals surface area contributed by atoms with Gasteiger partial charge in [0.25, 0.3) is 0 Å². The largest absolute Gasteiger partial charge is 0.406 e. The Kier molecular flexibility index (Phi) is 6.02. The summed E-state index contributed by atoms with van der Waals surface area (Å²) in [5.41, 5.74) is 2.37. The highest BCUT2D eigenvalue weighted by Gasteiger charge is 2.14. The Morgan fingerprint density at radius 2 is 1.46 bits per heavy atom. The third kappa shape index (κ3) is 4.92. The summed E-state index contributed by atoms with van der Waals surface area (Å²) < 4.78 is 5.86. The van der Waals surface area contributed by atoms with Crippen molar-refractivity contribution in [3.05, 3.63) is 88.4 Å². The summed E-state index contributed by atoms with van der Waals surface area (Å²) in [7, 11) is 0. The Balaban J connectivity index is 1.92. The van der Waals surface area contributed by atoms with Crippen molar-refractivity contribution in [1.82, 2.24) is 4.98 Å². The van der Waals surface area contributed by atoms with Crippen LogP contribution in [0.1, 0.15) is 18.1 Å². The fourth-order valence-corrected chi connectivity index (χ4v) is 2.92. The number of halogens is 1. The molecule has 5 heteroatoms. The molecule has 0 fully saturated rings. The second kappa shape index (κ2) is 8.63. The van der Waals surface area contributed by atoms with Gasteiger partial charge in [-0.05, 0) is 39.2 Å². The minimum atomic E-state index is -0.395. The van der Waals surface area contributed by atoms with Crippen LogP contribution in [0.2, 0.25) is 0 Å². The van der Waals surface area contributed by atoms with Crippen molar-refractivity contribution in [1.29, 1.82) is 0 Å². The number of benzene rings is 2. The van der Waals surface area contributed by atoms with Gasteiger partial charge in [0, 0.05) is 20.0 Å². The fourth-order valence-electron chi connectivity index (χ4n) is 2.62. The zero-order valence-electron chi connectivity index (χ0n) is 14.4. The molecule has 0 saturated heterocycles. The predicted molar refractivity (Wildman–Crippen MR) is 106 cm³/mol. The van der Waals surface area contributed by atoms with E-state index in [1.165, 1.54) is 18.1 Å². The lowest BCUT2D eigenvalue weighted by molar-refractivity contribution is -0.132. The third-order valence-corrected chi connectivity index (χ3v) is 4.40. The standard InChI is InChI=1S/C21H19BrN2O2/c1-16(25)26-21-19(22)12-13-20(23-21)24(14-17-8-4-2-5-9-17)15-18-10-6-3-7-11-18/h2-13H,14-15H2,1H3. The Labute approximate surface area is 161 Å². The van der Waals surface area contributed by atoms with Crippen LogP contribution >= 0.6 is 15.9 Å². The van der Waals surface area contributed by atoms with Gasteiger partial charge < -0.3 is 9.64 Å². The van der Waals surface area contributed by atoms with E-state index in [-0.39, 0.29) is 5.88 Å². The first-order chi connectivity index (χ1) is 12.6. The maximum atomic E-state index is 11.3. The van der Waals surface area contributed by atoms with Gasteiger partial charge in [0.1, 0.15) is 5.82 Å². The van der Waals surface area contributed by atoms with Crippen molar-refractivity contribution >= 4 is 27.7 Å². The number of aromatic nitrogens is 1. The van der Waals surface area contributed by atoms with Gasteiger partial charge in [0.15, 0.2) is 0 Å². The summed E-state index contributed by atoms with van der Waals surface area (Å²) in [6.45, 7) is 2.76. The average Bonchev–Trinajstić information content (AvgIpc) is 2.64. The maximum Gasteiger partial charge on any atom is 0.309 e. The zero-order chi connectivity index (χ0) is 18.4. The highest BCUT2D eigenvalue weighted by molar-refractivity contribution is 9.10. The molecular formula is C21H19BrN2O2. The molecule has 132 valence electrons.